The van der Waals surface area contributed by atoms with Gasteiger partial charge in [0.05, 0.1) is 0 Å². The summed E-state index contributed by atoms with van der Waals surface area (Å²) in [4.78, 5) is 1.46. The van der Waals surface area contributed by atoms with Gasteiger partial charge in [-0.2, -0.15) is 0 Å². The smallest absolute Gasteiger partial charge is 0.0214 e. The van der Waals surface area contributed by atoms with Crippen LogP contribution in [0.4, 0.5) is 0 Å². The van der Waals surface area contributed by atoms with Gasteiger partial charge in [-0.15, -0.1) is 11.3 Å². The number of hydrazine groups is 1. The van der Waals surface area contributed by atoms with Crippen LogP contribution < -0.4 is 11.3 Å². The van der Waals surface area contributed by atoms with E-state index in [1.165, 1.54) is 17.7 Å². The van der Waals surface area contributed by atoms with Crippen LogP contribution in [0.5, 0.6) is 0 Å². The Labute approximate surface area is 96.9 Å². The summed E-state index contributed by atoms with van der Waals surface area (Å²) in [5.74, 6) is 6.32. The molecule has 1 atom stereocenters. The van der Waals surface area contributed by atoms with Crippen molar-refractivity contribution in [2.75, 3.05) is 0 Å². The number of nitrogens with two attached hydrogens (primary N) is 1. The van der Waals surface area contributed by atoms with Gasteiger partial charge in [-0.3, -0.25) is 11.3 Å². The van der Waals surface area contributed by atoms with Crippen LogP contribution in [0.2, 0.25) is 0 Å². The van der Waals surface area contributed by atoms with Crippen LogP contribution in [-0.2, 0) is 6.42 Å². The number of aryl methyl sites for hydroxylation is 1. The SMILES string of the molecule is CC(C)CCC(CCc1cccs1)NN. The maximum atomic E-state index is 5.55. The average molecular weight is 226 g/mol. The van der Waals surface area contributed by atoms with E-state index in [0.717, 1.165) is 18.8 Å². The summed E-state index contributed by atoms with van der Waals surface area (Å²) >= 11 is 1.83. The molecule has 15 heavy (non-hydrogen) atoms. The van der Waals surface area contributed by atoms with Crippen molar-refractivity contribution < 1.29 is 0 Å². The molecule has 0 saturated carbocycles. The lowest BCUT2D eigenvalue weighted by atomic mass is 10.0. The molecule has 0 aliphatic carbocycles. The first-order chi connectivity index (χ1) is 7.22. The Morgan fingerprint density at radius 1 is 1.33 bits per heavy atom. The van der Waals surface area contributed by atoms with Crippen LogP contribution in [-0.4, -0.2) is 6.04 Å². The van der Waals surface area contributed by atoms with Gasteiger partial charge in [0.1, 0.15) is 0 Å². The Bertz CT molecular complexity index is 244. The molecule has 0 fully saturated rings. The van der Waals surface area contributed by atoms with Crippen LogP contribution in [0.1, 0.15) is 38.0 Å². The third kappa shape index (κ3) is 5.30. The largest absolute Gasteiger partial charge is 0.271 e. The highest BCUT2D eigenvalue weighted by atomic mass is 32.1. The summed E-state index contributed by atoms with van der Waals surface area (Å²) in [5, 5.41) is 2.13. The van der Waals surface area contributed by atoms with E-state index >= 15 is 0 Å². The van der Waals surface area contributed by atoms with Crippen molar-refractivity contribution in [1.82, 2.24) is 5.43 Å². The fourth-order valence-corrected chi connectivity index (χ4v) is 2.34. The third-order valence-electron chi connectivity index (χ3n) is 2.65. The van der Waals surface area contributed by atoms with Crippen LogP contribution >= 0.6 is 11.3 Å². The molecular weight excluding hydrogens is 204 g/mol. The minimum absolute atomic E-state index is 0.467. The lowest BCUT2D eigenvalue weighted by molar-refractivity contribution is 0.417. The van der Waals surface area contributed by atoms with Crippen molar-refractivity contribution in [3.05, 3.63) is 22.4 Å². The molecule has 1 heterocycles. The lowest BCUT2D eigenvalue weighted by Crippen LogP contribution is -2.35. The van der Waals surface area contributed by atoms with Gasteiger partial charge in [-0.25, -0.2) is 0 Å². The molecule has 0 radical (unpaired) electrons. The molecular formula is C12H22N2S. The standard InChI is InChI=1S/C12H22N2S/c1-10(2)5-6-11(14-13)7-8-12-4-3-9-15-12/h3-4,9-11,14H,5-8,13H2,1-2H3. The highest BCUT2D eigenvalue weighted by Gasteiger charge is 2.08. The molecule has 1 aromatic heterocycles. The van der Waals surface area contributed by atoms with Gasteiger partial charge in [-0.05, 0) is 43.0 Å². The van der Waals surface area contributed by atoms with Crippen molar-refractivity contribution in [2.45, 2.75) is 45.6 Å². The molecule has 3 N–H and O–H groups in total. The first kappa shape index (κ1) is 12.7. The number of thiophene rings is 1. The average Bonchev–Trinajstić information content (AvgIpc) is 2.70. The zero-order valence-corrected chi connectivity index (χ0v) is 10.5. The monoisotopic (exact) mass is 226 g/mol. The van der Waals surface area contributed by atoms with Gasteiger partial charge >= 0.3 is 0 Å². The Morgan fingerprint density at radius 2 is 2.13 bits per heavy atom. The van der Waals surface area contributed by atoms with Gasteiger partial charge in [-0.1, -0.05) is 19.9 Å². The van der Waals surface area contributed by atoms with Gasteiger partial charge in [0.15, 0.2) is 0 Å². The van der Waals surface area contributed by atoms with E-state index in [0.29, 0.717) is 6.04 Å². The molecule has 3 heteroatoms. The fraction of sp³-hybridized carbons (Fsp3) is 0.667. The first-order valence-corrected chi connectivity index (χ1v) is 6.59. The van der Waals surface area contributed by atoms with Crippen molar-refractivity contribution in [3.8, 4) is 0 Å². The summed E-state index contributed by atoms with van der Waals surface area (Å²) in [6.07, 6.45) is 4.72. The Balaban J connectivity index is 2.22. The quantitative estimate of drug-likeness (QED) is 0.554. The van der Waals surface area contributed by atoms with E-state index in [1.807, 2.05) is 11.3 Å². The van der Waals surface area contributed by atoms with Crippen molar-refractivity contribution in [1.29, 1.82) is 0 Å². The molecule has 0 aliphatic rings. The highest BCUT2D eigenvalue weighted by molar-refractivity contribution is 7.09. The summed E-state index contributed by atoms with van der Waals surface area (Å²) in [7, 11) is 0. The minimum atomic E-state index is 0.467. The molecule has 0 saturated heterocycles. The van der Waals surface area contributed by atoms with Gasteiger partial charge < -0.3 is 0 Å². The maximum absolute atomic E-state index is 5.55. The molecule has 1 rings (SSSR count). The molecule has 0 aliphatic heterocycles. The van der Waals surface area contributed by atoms with E-state index in [4.69, 9.17) is 5.84 Å². The topological polar surface area (TPSA) is 38.0 Å². The number of rotatable bonds is 7. The minimum Gasteiger partial charge on any atom is -0.271 e. The second kappa shape index (κ2) is 6.99. The number of hydrogen-bond donors (Lipinski definition) is 2. The summed E-state index contributed by atoms with van der Waals surface area (Å²) in [6, 6.07) is 4.77. The first-order valence-electron chi connectivity index (χ1n) is 5.71. The molecule has 2 nitrogen and oxygen atoms in total. The summed E-state index contributed by atoms with van der Waals surface area (Å²) in [6.45, 7) is 4.51. The fourth-order valence-electron chi connectivity index (χ4n) is 1.62. The van der Waals surface area contributed by atoms with E-state index in [-0.39, 0.29) is 0 Å². The second-order valence-electron chi connectivity index (χ2n) is 4.45. The molecule has 0 amide bonds. The molecule has 1 unspecified atom stereocenters. The zero-order valence-electron chi connectivity index (χ0n) is 9.70. The Hall–Kier alpha value is -0.380. The molecule has 0 aromatic carbocycles. The normalized spacial score (nSPS) is 13.3. The van der Waals surface area contributed by atoms with Gasteiger partial charge in [0, 0.05) is 10.9 Å². The summed E-state index contributed by atoms with van der Waals surface area (Å²) < 4.78 is 0. The Kier molecular flexibility index (Phi) is 5.91. The molecule has 0 bridgehead atoms. The Morgan fingerprint density at radius 3 is 2.67 bits per heavy atom. The van der Waals surface area contributed by atoms with E-state index < -0.39 is 0 Å². The lowest BCUT2D eigenvalue weighted by Gasteiger charge is -2.16. The van der Waals surface area contributed by atoms with Crippen LogP contribution in [0.25, 0.3) is 0 Å². The maximum Gasteiger partial charge on any atom is 0.0214 e. The van der Waals surface area contributed by atoms with Crippen LogP contribution in [0.3, 0.4) is 0 Å². The van der Waals surface area contributed by atoms with E-state index in [1.54, 1.807) is 0 Å². The second-order valence-corrected chi connectivity index (χ2v) is 5.49. The van der Waals surface area contributed by atoms with E-state index in [2.05, 4.69) is 36.8 Å². The number of hydrogen-bond acceptors (Lipinski definition) is 3. The van der Waals surface area contributed by atoms with E-state index in [9.17, 15) is 0 Å². The van der Waals surface area contributed by atoms with Crippen LogP contribution in [0, 0.1) is 5.92 Å². The predicted octanol–water partition coefficient (Wildman–Crippen LogP) is 2.95. The summed E-state index contributed by atoms with van der Waals surface area (Å²) in [5.41, 5.74) is 2.92. The van der Waals surface area contributed by atoms with Crippen molar-refractivity contribution in [2.24, 2.45) is 11.8 Å². The van der Waals surface area contributed by atoms with Gasteiger partial charge in [0.25, 0.3) is 0 Å². The van der Waals surface area contributed by atoms with Crippen molar-refractivity contribution >= 4 is 11.3 Å². The predicted molar refractivity (Wildman–Crippen MR) is 67.8 cm³/mol. The highest BCUT2D eigenvalue weighted by Crippen LogP contribution is 2.15. The zero-order chi connectivity index (χ0) is 11.1. The van der Waals surface area contributed by atoms with Gasteiger partial charge in [0.2, 0.25) is 0 Å². The van der Waals surface area contributed by atoms with Crippen LogP contribution in [0.15, 0.2) is 17.5 Å². The molecule has 0 spiro atoms. The van der Waals surface area contributed by atoms with Crippen molar-refractivity contribution in [3.63, 3.8) is 0 Å². The third-order valence-corrected chi connectivity index (χ3v) is 3.58. The molecule has 86 valence electrons. The molecule has 1 aromatic rings. The number of nitrogens with one attached hydrogen (secondary N) is 1.